The van der Waals surface area contributed by atoms with Crippen molar-refractivity contribution in [3.05, 3.63) is 48.7 Å². The van der Waals surface area contributed by atoms with Crippen LogP contribution in [0.25, 0.3) is 11.4 Å². The minimum atomic E-state index is -0.526. The van der Waals surface area contributed by atoms with Gasteiger partial charge in [-0.15, -0.1) is 10.2 Å². The molecule has 2 N–H and O–H groups in total. The van der Waals surface area contributed by atoms with Crippen molar-refractivity contribution in [2.75, 3.05) is 5.75 Å². The lowest BCUT2D eigenvalue weighted by Gasteiger charge is -2.06. The van der Waals surface area contributed by atoms with Crippen LogP contribution in [0.2, 0.25) is 0 Å². The minimum Gasteiger partial charge on any atom is -0.459 e. The maximum Gasteiger partial charge on any atom is 0.305 e. The molecule has 3 aromatic heterocycles. The molecule has 25 heavy (non-hydrogen) atoms. The van der Waals surface area contributed by atoms with E-state index < -0.39 is 5.91 Å². The highest BCUT2D eigenvalue weighted by Crippen LogP contribution is 2.21. The molecule has 0 aliphatic rings. The molecule has 3 heterocycles. The Hall–Kier alpha value is -3.14. The van der Waals surface area contributed by atoms with Gasteiger partial charge >= 0.3 is 5.91 Å². The van der Waals surface area contributed by atoms with Crippen molar-refractivity contribution in [1.82, 2.24) is 30.6 Å². The molecular formula is C15H14N6O3S. The number of carbonyl (C=O) groups is 2. The van der Waals surface area contributed by atoms with Crippen molar-refractivity contribution in [3.8, 4) is 11.4 Å². The number of rotatable bonds is 5. The Kier molecular flexibility index (Phi) is 5.09. The number of carbonyl (C=O) groups excluding carboxylic acids is 2. The molecule has 3 rings (SSSR count). The summed E-state index contributed by atoms with van der Waals surface area (Å²) in [5.41, 5.74) is 5.47. The molecule has 0 saturated heterocycles. The van der Waals surface area contributed by atoms with E-state index in [0.717, 1.165) is 5.56 Å². The number of nitrogens with one attached hydrogen (secondary N) is 2. The van der Waals surface area contributed by atoms with Gasteiger partial charge in [0.15, 0.2) is 16.7 Å². The normalized spacial score (nSPS) is 10.4. The highest BCUT2D eigenvalue weighted by atomic mass is 32.2. The van der Waals surface area contributed by atoms with Crippen LogP contribution in [-0.4, -0.2) is 37.3 Å². The van der Waals surface area contributed by atoms with Crippen LogP contribution in [0.15, 0.2) is 52.5 Å². The average Bonchev–Trinajstić information content (AvgIpc) is 3.29. The number of amides is 2. The highest BCUT2D eigenvalue weighted by Gasteiger charge is 2.14. The predicted octanol–water partition coefficient (Wildman–Crippen LogP) is 1.02. The highest BCUT2D eigenvalue weighted by molar-refractivity contribution is 7.99. The quantitative estimate of drug-likeness (QED) is 0.517. The largest absolute Gasteiger partial charge is 0.459 e. The molecule has 10 heteroatoms. The van der Waals surface area contributed by atoms with Crippen molar-refractivity contribution in [1.29, 1.82) is 0 Å². The zero-order valence-electron chi connectivity index (χ0n) is 13.2. The maximum atomic E-state index is 11.8. The number of hydrogen-bond donors (Lipinski definition) is 2. The first kappa shape index (κ1) is 16.7. The van der Waals surface area contributed by atoms with Gasteiger partial charge in [-0.25, -0.2) is 0 Å². The molecule has 0 bridgehead atoms. The second-order valence-corrected chi connectivity index (χ2v) is 5.81. The predicted molar refractivity (Wildman–Crippen MR) is 89.3 cm³/mol. The molecule has 0 aromatic carbocycles. The first-order valence-corrected chi connectivity index (χ1v) is 8.19. The third-order valence-corrected chi connectivity index (χ3v) is 4.19. The van der Waals surface area contributed by atoms with Gasteiger partial charge in [-0.05, 0) is 24.3 Å². The van der Waals surface area contributed by atoms with Crippen LogP contribution in [0.3, 0.4) is 0 Å². The summed E-state index contributed by atoms with van der Waals surface area (Å²) in [5, 5.41) is 8.78. The van der Waals surface area contributed by atoms with Gasteiger partial charge in [0.1, 0.15) is 0 Å². The molecule has 3 aromatic rings. The van der Waals surface area contributed by atoms with Crippen LogP contribution in [0, 0.1) is 0 Å². The second-order valence-electron chi connectivity index (χ2n) is 4.87. The van der Waals surface area contributed by atoms with E-state index in [1.54, 1.807) is 23.0 Å². The fourth-order valence-corrected chi connectivity index (χ4v) is 2.67. The average molecular weight is 358 g/mol. The Bertz CT molecular complexity index is 863. The molecule has 0 atom stereocenters. The van der Waals surface area contributed by atoms with Gasteiger partial charge in [0.2, 0.25) is 5.91 Å². The van der Waals surface area contributed by atoms with Crippen molar-refractivity contribution in [2.45, 2.75) is 5.16 Å². The molecule has 0 aliphatic heterocycles. The number of hydrogen-bond acceptors (Lipinski definition) is 7. The van der Waals surface area contributed by atoms with Gasteiger partial charge in [-0.3, -0.25) is 25.4 Å². The van der Waals surface area contributed by atoms with Crippen molar-refractivity contribution < 1.29 is 14.0 Å². The van der Waals surface area contributed by atoms with Gasteiger partial charge in [0.05, 0.1) is 12.0 Å². The fourth-order valence-electron chi connectivity index (χ4n) is 1.95. The Morgan fingerprint density at radius 3 is 2.72 bits per heavy atom. The van der Waals surface area contributed by atoms with Gasteiger partial charge < -0.3 is 8.98 Å². The summed E-state index contributed by atoms with van der Waals surface area (Å²) in [4.78, 5) is 27.4. The van der Waals surface area contributed by atoms with Gasteiger partial charge in [-0.2, -0.15) is 0 Å². The Balaban J connectivity index is 1.53. The van der Waals surface area contributed by atoms with Gasteiger partial charge in [0, 0.05) is 25.0 Å². The third-order valence-electron chi connectivity index (χ3n) is 3.17. The summed E-state index contributed by atoms with van der Waals surface area (Å²) in [6.45, 7) is 0. The monoisotopic (exact) mass is 358 g/mol. The van der Waals surface area contributed by atoms with E-state index in [1.807, 2.05) is 19.2 Å². The van der Waals surface area contributed by atoms with Crippen molar-refractivity contribution in [3.63, 3.8) is 0 Å². The third kappa shape index (κ3) is 4.04. The molecule has 9 nitrogen and oxygen atoms in total. The first-order chi connectivity index (χ1) is 12.1. The first-order valence-electron chi connectivity index (χ1n) is 7.20. The lowest BCUT2D eigenvalue weighted by Crippen LogP contribution is -2.42. The Morgan fingerprint density at radius 2 is 2.00 bits per heavy atom. The summed E-state index contributed by atoms with van der Waals surface area (Å²) < 4.78 is 6.71. The molecule has 0 radical (unpaired) electrons. The molecule has 0 fully saturated rings. The van der Waals surface area contributed by atoms with E-state index in [2.05, 4.69) is 26.0 Å². The smallest absolute Gasteiger partial charge is 0.305 e. The molecule has 0 saturated carbocycles. The van der Waals surface area contributed by atoms with Crippen molar-refractivity contribution >= 4 is 23.6 Å². The minimum absolute atomic E-state index is 0.0702. The zero-order chi connectivity index (χ0) is 17.6. The molecule has 0 spiro atoms. The van der Waals surface area contributed by atoms with Crippen LogP contribution in [0.5, 0.6) is 0 Å². The molecule has 0 unspecified atom stereocenters. The van der Waals surface area contributed by atoms with Crippen LogP contribution in [0.1, 0.15) is 10.6 Å². The topological polar surface area (TPSA) is 115 Å². The van der Waals surface area contributed by atoms with E-state index in [-0.39, 0.29) is 17.4 Å². The number of pyridine rings is 1. The van der Waals surface area contributed by atoms with Crippen LogP contribution in [0.4, 0.5) is 0 Å². The van der Waals surface area contributed by atoms with E-state index in [0.29, 0.717) is 11.0 Å². The standard InChI is InChI=1S/C15H14N6O3S/c1-21-13(10-4-6-16-7-5-10)18-20-15(21)25-9-12(22)17-19-14(23)11-3-2-8-24-11/h2-8H,9H2,1H3,(H,17,22)(H,19,23). The number of aromatic nitrogens is 4. The number of thioether (sulfide) groups is 1. The molecular weight excluding hydrogens is 344 g/mol. The fraction of sp³-hybridized carbons (Fsp3) is 0.133. The Morgan fingerprint density at radius 1 is 1.20 bits per heavy atom. The van der Waals surface area contributed by atoms with E-state index in [1.165, 1.54) is 24.1 Å². The van der Waals surface area contributed by atoms with E-state index in [9.17, 15) is 9.59 Å². The number of nitrogens with zero attached hydrogens (tertiary/aromatic N) is 4. The summed E-state index contributed by atoms with van der Waals surface area (Å²) >= 11 is 1.21. The SMILES string of the molecule is Cn1c(SCC(=O)NNC(=O)c2ccco2)nnc1-c1ccncc1. The van der Waals surface area contributed by atoms with Gasteiger partial charge in [-0.1, -0.05) is 11.8 Å². The summed E-state index contributed by atoms with van der Waals surface area (Å²) in [6, 6.07) is 6.74. The summed E-state index contributed by atoms with van der Waals surface area (Å²) in [7, 11) is 1.81. The maximum absolute atomic E-state index is 11.8. The number of hydrazine groups is 1. The van der Waals surface area contributed by atoms with E-state index in [4.69, 9.17) is 4.42 Å². The summed E-state index contributed by atoms with van der Waals surface area (Å²) in [6.07, 6.45) is 4.72. The van der Waals surface area contributed by atoms with Gasteiger partial charge in [0.25, 0.3) is 0 Å². The second kappa shape index (κ2) is 7.62. The number of furan rings is 1. The van der Waals surface area contributed by atoms with E-state index >= 15 is 0 Å². The zero-order valence-corrected chi connectivity index (χ0v) is 14.0. The molecule has 128 valence electrons. The van der Waals surface area contributed by atoms with Crippen molar-refractivity contribution in [2.24, 2.45) is 7.05 Å². The van der Waals surface area contributed by atoms with Crippen LogP contribution >= 0.6 is 11.8 Å². The molecule has 2 amide bonds. The lowest BCUT2D eigenvalue weighted by molar-refractivity contribution is -0.119. The Labute approximate surface area is 146 Å². The van der Waals surface area contributed by atoms with Crippen LogP contribution in [-0.2, 0) is 11.8 Å². The summed E-state index contributed by atoms with van der Waals surface area (Å²) in [5.74, 6) is -0.0409. The molecule has 0 aliphatic carbocycles. The van der Waals surface area contributed by atoms with Crippen LogP contribution < -0.4 is 10.9 Å². The lowest BCUT2D eigenvalue weighted by atomic mass is 10.2.